The maximum Gasteiger partial charge on any atom is 0.310 e. The fourth-order valence-electron chi connectivity index (χ4n) is 2.78. The standard InChI is InChI=1S/C20H15NO4S/c1-3-17(22)25-12-8-9-13-15(10-12)24-11(2)18(19(13)23)20-21-14-6-4-5-7-16(14)26-20/h4-10H,3H2,1-2H3. The molecule has 2 aromatic carbocycles. The van der Waals surface area contributed by atoms with Crippen molar-refractivity contribution in [1.29, 1.82) is 0 Å². The highest BCUT2D eigenvalue weighted by atomic mass is 32.1. The second-order valence-corrected chi connectivity index (χ2v) is 6.87. The Morgan fingerprint density at radius 3 is 2.81 bits per heavy atom. The van der Waals surface area contributed by atoms with Crippen LogP contribution in [0.2, 0.25) is 0 Å². The van der Waals surface area contributed by atoms with E-state index >= 15 is 0 Å². The van der Waals surface area contributed by atoms with Crippen molar-refractivity contribution in [3.63, 3.8) is 0 Å². The van der Waals surface area contributed by atoms with Crippen LogP contribution in [0.25, 0.3) is 31.8 Å². The van der Waals surface area contributed by atoms with Crippen LogP contribution in [-0.4, -0.2) is 11.0 Å². The van der Waals surface area contributed by atoms with E-state index in [2.05, 4.69) is 4.98 Å². The van der Waals surface area contributed by atoms with Crippen molar-refractivity contribution in [3.8, 4) is 16.3 Å². The molecule has 2 heterocycles. The summed E-state index contributed by atoms with van der Waals surface area (Å²) in [6.45, 7) is 3.46. The van der Waals surface area contributed by atoms with Gasteiger partial charge in [0.25, 0.3) is 0 Å². The molecule has 2 aromatic heterocycles. The lowest BCUT2D eigenvalue weighted by atomic mass is 10.1. The van der Waals surface area contributed by atoms with Crippen LogP contribution in [0.1, 0.15) is 19.1 Å². The molecule has 0 amide bonds. The van der Waals surface area contributed by atoms with E-state index in [9.17, 15) is 9.59 Å². The van der Waals surface area contributed by atoms with Crippen molar-refractivity contribution in [1.82, 2.24) is 4.98 Å². The molecule has 0 aliphatic carbocycles. The number of fused-ring (bicyclic) bond motifs is 2. The normalized spacial score (nSPS) is 11.2. The zero-order valence-electron chi connectivity index (χ0n) is 14.2. The number of ether oxygens (including phenoxy) is 1. The van der Waals surface area contributed by atoms with E-state index in [0.717, 1.165) is 10.2 Å². The molecule has 0 fully saturated rings. The van der Waals surface area contributed by atoms with E-state index in [1.54, 1.807) is 32.0 Å². The summed E-state index contributed by atoms with van der Waals surface area (Å²) in [7, 11) is 0. The van der Waals surface area contributed by atoms with Crippen LogP contribution in [-0.2, 0) is 4.79 Å². The van der Waals surface area contributed by atoms with E-state index in [0.29, 0.717) is 33.1 Å². The van der Waals surface area contributed by atoms with E-state index in [1.165, 1.54) is 11.3 Å². The average Bonchev–Trinajstić information content (AvgIpc) is 3.04. The molecule has 0 spiro atoms. The van der Waals surface area contributed by atoms with Gasteiger partial charge in [-0.05, 0) is 31.2 Å². The molecular formula is C20H15NO4S. The van der Waals surface area contributed by atoms with Crippen LogP contribution in [0, 0.1) is 6.92 Å². The molecule has 4 rings (SSSR count). The molecule has 26 heavy (non-hydrogen) atoms. The maximum atomic E-state index is 13.0. The fraction of sp³-hybridized carbons (Fsp3) is 0.150. The maximum absolute atomic E-state index is 13.0. The summed E-state index contributed by atoms with van der Waals surface area (Å²) >= 11 is 1.46. The number of esters is 1. The third-order valence-corrected chi connectivity index (χ3v) is 5.12. The van der Waals surface area contributed by atoms with E-state index in [1.807, 2.05) is 24.3 Å². The zero-order valence-corrected chi connectivity index (χ0v) is 15.1. The summed E-state index contributed by atoms with van der Waals surface area (Å²) in [6, 6.07) is 12.5. The molecule has 130 valence electrons. The molecule has 4 aromatic rings. The molecular weight excluding hydrogens is 350 g/mol. The molecule has 0 saturated carbocycles. The van der Waals surface area contributed by atoms with Gasteiger partial charge in [0.05, 0.1) is 21.2 Å². The zero-order chi connectivity index (χ0) is 18.3. The summed E-state index contributed by atoms with van der Waals surface area (Å²) in [5.74, 6) is 0.509. The number of aryl methyl sites for hydroxylation is 1. The number of rotatable bonds is 3. The monoisotopic (exact) mass is 365 g/mol. The SMILES string of the molecule is CCC(=O)Oc1ccc2c(=O)c(-c3nc4ccccc4s3)c(C)oc2c1. The molecule has 0 bridgehead atoms. The van der Waals surface area contributed by atoms with Gasteiger partial charge in [0.2, 0.25) is 5.43 Å². The third kappa shape index (κ3) is 2.78. The van der Waals surface area contributed by atoms with Crippen LogP contribution in [0.15, 0.2) is 51.7 Å². The van der Waals surface area contributed by atoms with Gasteiger partial charge >= 0.3 is 5.97 Å². The summed E-state index contributed by atoms with van der Waals surface area (Å²) < 4.78 is 12.1. The molecule has 0 aliphatic rings. The Labute approximate surface area is 152 Å². The van der Waals surface area contributed by atoms with Crippen LogP contribution in [0.3, 0.4) is 0 Å². The quantitative estimate of drug-likeness (QED) is 0.389. The predicted octanol–water partition coefficient (Wildman–Crippen LogP) is 4.69. The Hall–Kier alpha value is -2.99. The first-order valence-corrected chi connectivity index (χ1v) is 9.02. The van der Waals surface area contributed by atoms with Crippen molar-refractivity contribution >= 4 is 38.5 Å². The summed E-state index contributed by atoms with van der Waals surface area (Å²) in [5.41, 5.74) is 1.57. The lowest BCUT2D eigenvalue weighted by Crippen LogP contribution is -2.08. The Kier molecular flexibility index (Phi) is 4.05. The van der Waals surface area contributed by atoms with Crippen molar-refractivity contribution in [2.24, 2.45) is 0 Å². The van der Waals surface area contributed by atoms with Gasteiger partial charge in [-0.25, -0.2) is 4.98 Å². The molecule has 5 nitrogen and oxygen atoms in total. The summed E-state index contributed by atoms with van der Waals surface area (Å²) in [5, 5.41) is 1.07. The van der Waals surface area contributed by atoms with Gasteiger partial charge in [-0.15, -0.1) is 11.3 Å². The second kappa shape index (κ2) is 6.38. The number of carbonyl (C=O) groups excluding carboxylic acids is 1. The Morgan fingerprint density at radius 1 is 1.23 bits per heavy atom. The molecule has 0 N–H and O–H groups in total. The number of carbonyl (C=O) groups is 1. The number of thiazole rings is 1. The minimum absolute atomic E-state index is 0.142. The Bertz CT molecular complexity index is 1170. The number of aromatic nitrogens is 1. The number of benzene rings is 2. The molecule has 6 heteroatoms. The first-order valence-electron chi connectivity index (χ1n) is 8.21. The van der Waals surface area contributed by atoms with Gasteiger partial charge in [0, 0.05) is 12.5 Å². The molecule has 0 unspecified atom stereocenters. The van der Waals surface area contributed by atoms with Gasteiger partial charge in [0.15, 0.2) is 0 Å². The molecule has 0 radical (unpaired) electrons. The van der Waals surface area contributed by atoms with Crippen LogP contribution in [0.4, 0.5) is 0 Å². The van der Waals surface area contributed by atoms with Gasteiger partial charge in [0.1, 0.15) is 22.1 Å². The van der Waals surface area contributed by atoms with Gasteiger partial charge in [-0.2, -0.15) is 0 Å². The van der Waals surface area contributed by atoms with E-state index in [-0.39, 0.29) is 17.8 Å². The number of hydrogen-bond donors (Lipinski definition) is 0. The Balaban J connectivity index is 1.87. The predicted molar refractivity (Wildman–Crippen MR) is 102 cm³/mol. The van der Waals surface area contributed by atoms with Gasteiger partial charge in [-0.3, -0.25) is 9.59 Å². The van der Waals surface area contributed by atoms with Gasteiger partial charge < -0.3 is 9.15 Å². The lowest BCUT2D eigenvalue weighted by molar-refractivity contribution is -0.134. The van der Waals surface area contributed by atoms with Crippen molar-refractivity contribution in [2.45, 2.75) is 20.3 Å². The first kappa shape index (κ1) is 16.5. The topological polar surface area (TPSA) is 69.4 Å². The van der Waals surface area contributed by atoms with E-state index in [4.69, 9.17) is 9.15 Å². The van der Waals surface area contributed by atoms with Gasteiger partial charge in [-0.1, -0.05) is 19.1 Å². The minimum atomic E-state index is -0.338. The summed E-state index contributed by atoms with van der Waals surface area (Å²) in [4.78, 5) is 29.0. The Morgan fingerprint density at radius 2 is 2.04 bits per heavy atom. The smallest absolute Gasteiger partial charge is 0.310 e. The highest BCUT2D eigenvalue weighted by Crippen LogP contribution is 2.32. The highest BCUT2D eigenvalue weighted by Gasteiger charge is 2.18. The van der Waals surface area contributed by atoms with Crippen molar-refractivity contribution in [3.05, 3.63) is 58.4 Å². The fourth-order valence-corrected chi connectivity index (χ4v) is 3.83. The van der Waals surface area contributed by atoms with Crippen LogP contribution >= 0.6 is 11.3 Å². The molecule has 0 aliphatic heterocycles. The largest absolute Gasteiger partial charge is 0.460 e. The number of nitrogens with zero attached hydrogens (tertiary/aromatic N) is 1. The molecule has 0 atom stereocenters. The van der Waals surface area contributed by atoms with Crippen LogP contribution in [0.5, 0.6) is 5.75 Å². The number of hydrogen-bond acceptors (Lipinski definition) is 6. The number of para-hydroxylation sites is 1. The lowest BCUT2D eigenvalue weighted by Gasteiger charge is -2.07. The van der Waals surface area contributed by atoms with Crippen molar-refractivity contribution < 1.29 is 13.9 Å². The van der Waals surface area contributed by atoms with Crippen LogP contribution < -0.4 is 10.2 Å². The van der Waals surface area contributed by atoms with E-state index < -0.39 is 0 Å². The summed E-state index contributed by atoms with van der Waals surface area (Å²) in [6.07, 6.45) is 0.275. The highest BCUT2D eigenvalue weighted by molar-refractivity contribution is 7.21. The third-order valence-electron chi connectivity index (χ3n) is 4.07. The minimum Gasteiger partial charge on any atom is -0.460 e. The van der Waals surface area contributed by atoms with Crippen molar-refractivity contribution in [2.75, 3.05) is 0 Å². The average molecular weight is 365 g/mol. The first-order chi connectivity index (χ1) is 12.6. The second-order valence-electron chi connectivity index (χ2n) is 5.83. The molecule has 0 saturated heterocycles.